The summed E-state index contributed by atoms with van der Waals surface area (Å²) in [4.78, 5) is -1.24. The molecule has 346 valence electrons. The Hall–Kier alpha value is -8.25. The van der Waals surface area contributed by atoms with Crippen molar-refractivity contribution in [1.29, 1.82) is 0 Å². The molecule has 0 heterocycles. The smallest absolute Gasteiger partial charge is 0.295 e. The summed E-state index contributed by atoms with van der Waals surface area (Å²) in [5.74, 6) is 0.0703. The zero-order valence-corrected chi connectivity index (χ0v) is 37.9. The van der Waals surface area contributed by atoms with Crippen LogP contribution in [0, 0.1) is 6.92 Å². The lowest BCUT2D eigenvalue weighted by molar-refractivity contribution is 0.475. The maximum absolute atomic E-state index is 12.6. The number of aromatic hydroxyl groups is 2. The molecule has 8 rings (SSSR count). The maximum atomic E-state index is 12.6. The van der Waals surface area contributed by atoms with Crippen LogP contribution >= 0.6 is 0 Å². The highest BCUT2D eigenvalue weighted by Crippen LogP contribution is 2.39. The molecule has 0 spiro atoms. The lowest BCUT2D eigenvalue weighted by Crippen LogP contribution is -2.00. The van der Waals surface area contributed by atoms with Gasteiger partial charge in [0, 0.05) is 21.5 Å². The number of benzene rings is 8. The molecule has 0 aliphatic carbocycles. The van der Waals surface area contributed by atoms with Crippen LogP contribution in [0.3, 0.4) is 0 Å². The third-order valence-corrected chi connectivity index (χ3v) is 12.9. The van der Waals surface area contributed by atoms with Crippen LogP contribution in [0.5, 0.6) is 11.5 Å². The van der Waals surface area contributed by atoms with Crippen LogP contribution in [0.2, 0.25) is 0 Å². The molecule has 0 amide bonds. The van der Waals surface area contributed by atoms with Crippen LogP contribution < -0.4 is 0 Å². The molecule has 0 aliphatic rings. The predicted molar refractivity (Wildman–Crippen MR) is 257 cm³/mol. The summed E-state index contributed by atoms with van der Waals surface area (Å²) >= 11 is 0. The van der Waals surface area contributed by atoms with E-state index in [1.807, 2.05) is 0 Å². The Morgan fingerprint density at radius 2 is 0.725 bits per heavy atom. The van der Waals surface area contributed by atoms with Crippen LogP contribution in [0.15, 0.2) is 201 Å². The molecule has 0 saturated heterocycles. The van der Waals surface area contributed by atoms with Gasteiger partial charge >= 0.3 is 0 Å². The van der Waals surface area contributed by atoms with E-state index >= 15 is 0 Å². The molecule has 0 atom stereocenters. The molecule has 5 N–H and O–H groups in total. The highest BCUT2D eigenvalue weighted by molar-refractivity contribution is 7.86. The summed E-state index contributed by atoms with van der Waals surface area (Å²) in [6, 6.07) is 34.9. The summed E-state index contributed by atoms with van der Waals surface area (Å²) in [5, 5.41) is 54.5. The molecule has 69 heavy (non-hydrogen) atoms. The van der Waals surface area contributed by atoms with Crippen molar-refractivity contribution in [2.75, 3.05) is 0 Å². The number of nitrogens with zero attached hydrogens (tertiary/aromatic N) is 8. The van der Waals surface area contributed by atoms with Crippen molar-refractivity contribution in [2.24, 2.45) is 40.9 Å². The fourth-order valence-electron chi connectivity index (χ4n) is 6.78. The first-order valence-electron chi connectivity index (χ1n) is 20.0. The van der Waals surface area contributed by atoms with E-state index in [4.69, 9.17) is 0 Å². The number of azo groups is 4. The van der Waals surface area contributed by atoms with Crippen molar-refractivity contribution >= 4 is 110 Å². The second-order valence-corrected chi connectivity index (χ2v) is 19.2. The van der Waals surface area contributed by atoms with Gasteiger partial charge in [0.05, 0.1) is 55.3 Å². The van der Waals surface area contributed by atoms with Crippen LogP contribution in [-0.2, 0) is 30.4 Å². The molecule has 8 aromatic rings. The number of phenols is 2. The van der Waals surface area contributed by atoms with Gasteiger partial charge < -0.3 is 10.2 Å². The zero-order valence-electron chi connectivity index (χ0n) is 35.5. The Bertz CT molecular complexity index is 3850. The third-order valence-electron chi connectivity index (χ3n) is 10.2. The first-order valence-corrected chi connectivity index (χ1v) is 24.3. The zero-order chi connectivity index (χ0) is 49.1. The first-order chi connectivity index (χ1) is 32.8. The summed E-state index contributed by atoms with van der Waals surface area (Å²) < 4.78 is 103. The molecule has 0 unspecified atom stereocenters. The molecule has 0 bridgehead atoms. The average molecular weight is 983 g/mol. The van der Waals surface area contributed by atoms with E-state index in [-0.39, 0.29) is 50.1 Å². The van der Waals surface area contributed by atoms with Gasteiger partial charge in [-0.1, -0.05) is 36.4 Å². The maximum Gasteiger partial charge on any atom is 0.295 e. The van der Waals surface area contributed by atoms with E-state index in [0.717, 1.165) is 11.6 Å². The number of fused-ring (bicyclic) bond motifs is 2. The lowest BCUT2D eigenvalue weighted by atomic mass is 10.1. The quantitative estimate of drug-likeness (QED) is 0.0411. The van der Waals surface area contributed by atoms with Gasteiger partial charge in [-0.3, -0.25) is 13.7 Å². The lowest BCUT2D eigenvalue weighted by Gasteiger charge is -2.07. The van der Waals surface area contributed by atoms with Gasteiger partial charge in [-0.15, -0.1) is 20.5 Å². The third kappa shape index (κ3) is 11.3. The van der Waals surface area contributed by atoms with Crippen LogP contribution in [0.25, 0.3) is 33.7 Å². The van der Waals surface area contributed by atoms with E-state index in [1.165, 1.54) is 103 Å². The van der Waals surface area contributed by atoms with E-state index in [1.54, 1.807) is 55.5 Å². The highest BCUT2D eigenvalue weighted by Gasteiger charge is 2.18. The van der Waals surface area contributed by atoms with E-state index in [9.17, 15) is 49.1 Å². The van der Waals surface area contributed by atoms with Gasteiger partial charge in [0.2, 0.25) is 0 Å². The molecule has 0 aromatic heterocycles. The fraction of sp³-hybridized carbons (Fsp3) is 0.0213. The van der Waals surface area contributed by atoms with Crippen molar-refractivity contribution in [3.63, 3.8) is 0 Å². The van der Waals surface area contributed by atoms with Crippen LogP contribution in [0.4, 0.5) is 45.5 Å². The largest absolute Gasteiger partial charge is 0.508 e. The van der Waals surface area contributed by atoms with E-state index in [2.05, 4.69) is 40.9 Å². The number of phenolic OH excluding ortho intramolecular Hbond substituents is 2. The average Bonchev–Trinajstić information content (AvgIpc) is 3.31. The molecule has 0 fully saturated rings. The minimum Gasteiger partial charge on any atom is -0.508 e. The van der Waals surface area contributed by atoms with E-state index in [0.29, 0.717) is 44.5 Å². The minimum atomic E-state index is -4.79. The molecule has 8 aromatic carbocycles. The number of hydrogen-bond acceptors (Lipinski definition) is 16. The number of rotatable bonds is 13. The summed E-state index contributed by atoms with van der Waals surface area (Å²) in [6.07, 6.45) is 3.13. The van der Waals surface area contributed by atoms with Gasteiger partial charge in [0.15, 0.2) is 0 Å². The molecule has 0 radical (unpaired) electrons. The molecule has 22 heteroatoms. The second kappa shape index (κ2) is 19.2. The number of aryl methyl sites for hydroxylation is 1. The fourth-order valence-corrected chi connectivity index (χ4v) is 8.50. The molecule has 0 aliphatic heterocycles. The van der Waals surface area contributed by atoms with E-state index < -0.39 is 40.1 Å². The molecule has 19 nitrogen and oxygen atoms in total. The van der Waals surface area contributed by atoms with Crippen molar-refractivity contribution in [3.05, 3.63) is 162 Å². The normalized spacial score (nSPS) is 12.8. The molecule has 0 saturated carbocycles. The Labute approximate surface area is 393 Å². The Morgan fingerprint density at radius 3 is 1.13 bits per heavy atom. The van der Waals surface area contributed by atoms with Gasteiger partial charge in [-0.2, -0.15) is 45.7 Å². The first kappa shape index (κ1) is 47.3. The van der Waals surface area contributed by atoms with Crippen molar-refractivity contribution in [2.45, 2.75) is 21.6 Å². The predicted octanol–water partition coefficient (Wildman–Crippen LogP) is 13.3. The second-order valence-electron chi connectivity index (χ2n) is 15.0. The molecular formula is C47H34N8O11S3. The monoisotopic (exact) mass is 982 g/mol. The van der Waals surface area contributed by atoms with Crippen LogP contribution in [0.1, 0.15) is 16.7 Å². The van der Waals surface area contributed by atoms with Gasteiger partial charge in [-0.25, -0.2) is 0 Å². The van der Waals surface area contributed by atoms with Crippen molar-refractivity contribution in [3.8, 4) is 11.5 Å². The van der Waals surface area contributed by atoms with Gasteiger partial charge in [-0.05, 0) is 145 Å². The number of hydrogen-bond donors (Lipinski definition) is 5. The topological polar surface area (TPSA) is 302 Å². The molecular weight excluding hydrogens is 949 g/mol. The highest BCUT2D eigenvalue weighted by atomic mass is 32.2. The van der Waals surface area contributed by atoms with Crippen LogP contribution in [-0.4, -0.2) is 49.1 Å². The van der Waals surface area contributed by atoms with Crippen molar-refractivity contribution in [1.82, 2.24) is 0 Å². The standard InChI is InChI=1S/C47H34N8O11S3/c1-28-24-33(50-52-43-20-22-45(54-48-31-8-12-35(56)13-9-31)41-26-37(67(58,59)60)16-18-39(41)43)6-4-29(28)2-3-30-5-7-34(25-47(30)69(64,65)66)51-53-44-21-23-46(55-49-32-10-14-36(57)15-11-32)42-27-38(68(61,62)63)17-19-40(42)44/h2-27,56-57H,1H3,(H,58,59,60)(H,61,62,63)(H,64,65,66)/b3-2+,52-50?,53-51?,54-48?,55-49?. The summed E-state index contributed by atoms with van der Waals surface area (Å²) in [5.41, 5.74) is 3.88. The summed E-state index contributed by atoms with van der Waals surface area (Å²) in [7, 11) is -14.0. The summed E-state index contributed by atoms with van der Waals surface area (Å²) in [6.45, 7) is 1.80. The Morgan fingerprint density at radius 1 is 0.362 bits per heavy atom. The Balaban J connectivity index is 1.04. The van der Waals surface area contributed by atoms with Gasteiger partial charge in [0.1, 0.15) is 16.4 Å². The SMILES string of the molecule is Cc1cc(N=Nc2ccc(N=Nc3ccc(O)cc3)c3cc(S(=O)(=O)O)ccc23)ccc1/C=C/c1ccc(N=Nc2ccc(N=Nc3ccc(O)cc3)c3cc(S(=O)(=O)O)ccc23)cc1S(=O)(=O)O. The Kier molecular flexibility index (Phi) is 13.1. The minimum absolute atomic E-state index is 0.0256. The van der Waals surface area contributed by atoms with Crippen molar-refractivity contribution < 1.29 is 49.1 Å². The van der Waals surface area contributed by atoms with Gasteiger partial charge in [0.25, 0.3) is 30.4 Å².